The third kappa shape index (κ3) is 5.40. The van der Waals surface area contributed by atoms with Crippen LogP contribution >= 0.6 is 12.4 Å². The Hall–Kier alpha value is -3.39. The number of carbonyl (C=O) groups is 2. The first-order chi connectivity index (χ1) is 14.5. The average molecular weight is 442 g/mol. The van der Waals surface area contributed by atoms with E-state index >= 15 is 0 Å². The fourth-order valence-electron chi connectivity index (χ4n) is 3.19. The Morgan fingerprint density at radius 3 is 2.71 bits per heavy atom. The van der Waals surface area contributed by atoms with Crippen molar-refractivity contribution in [2.75, 3.05) is 24.3 Å². The molecular weight excluding hydrogens is 418 g/mol. The molecule has 4 rings (SSSR count). The predicted octanol–water partition coefficient (Wildman–Crippen LogP) is 4.15. The van der Waals surface area contributed by atoms with Crippen LogP contribution in [-0.2, 0) is 0 Å². The predicted molar refractivity (Wildman–Crippen MR) is 122 cm³/mol. The lowest BCUT2D eigenvalue weighted by atomic mass is 10.1. The highest BCUT2D eigenvalue weighted by Crippen LogP contribution is 2.28. The number of methoxy groups -OCH3 is 1. The number of anilines is 2. The highest BCUT2D eigenvalue weighted by Gasteiger charge is 2.23. The topological polar surface area (TPSA) is 105 Å². The van der Waals surface area contributed by atoms with E-state index in [0.717, 1.165) is 18.5 Å². The van der Waals surface area contributed by atoms with Gasteiger partial charge in [-0.2, -0.15) is 0 Å². The molecule has 1 aliphatic carbocycles. The van der Waals surface area contributed by atoms with Gasteiger partial charge >= 0.3 is 6.03 Å². The highest BCUT2D eigenvalue weighted by atomic mass is 35.5. The van der Waals surface area contributed by atoms with Gasteiger partial charge in [0, 0.05) is 24.1 Å². The first kappa shape index (κ1) is 22.3. The van der Waals surface area contributed by atoms with Gasteiger partial charge in [-0.15, -0.1) is 12.4 Å². The lowest BCUT2D eigenvalue weighted by Gasteiger charge is -2.13. The molecular formula is C22H24ClN5O3. The van der Waals surface area contributed by atoms with Crippen molar-refractivity contribution in [2.45, 2.75) is 19.8 Å². The molecule has 1 saturated carbocycles. The molecule has 2 heterocycles. The van der Waals surface area contributed by atoms with Crippen LogP contribution in [0.2, 0.25) is 0 Å². The first-order valence-electron chi connectivity index (χ1n) is 9.80. The molecule has 0 saturated heterocycles. The summed E-state index contributed by atoms with van der Waals surface area (Å²) in [4.78, 5) is 33.9. The second kappa shape index (κ2) is 9.61. The molecule has 8 nitrogen and oxygen atoms in total. The zero-order valence-corrected chi connectivity index (χ0v) is 18.1. The zero-order valence-electron chi connectivity index (χ0n) is 17.3. The van der Waals surface area contributed by atoms with Gasteiger partial charge in [-0.3, -0.25) is 14.8 Å². The second-order valence-electron chi connectivity index (χ2n) is 7.33. The van der Waals surface area contributed by atoms with Crippen molar-refractivity contribution in [1.29, 1.82) is 0 Å². The number of aromatic nitrogens is 2. The number of hydrogen-bond acceptors (Lipinski definition) is 5. The fourth-order valence-corrected chi connectivity index (χ4v) is 3.19. The largest absolute Gasteiger partial charge is 0.496 e. The van der Waals surface area contributed by atoms with Crippen LogP contribution in [0.4, 0.5) is 16.2 Å². The molecule has 1 aliphatic rings. The van der Waals surface area contributed by atoms with Gasteiger partial charge in [-0.25, -0.2) is 4.79 Å². The van der Waals surface area contributed by atoms with Gasteiger partial charge in [0.15, 0.2) is 0 Å². The fraction of sp³-hybridized carbons (Fsp3) is 0.273. The Morgan fingerprint density at radius 2 is 1.97 bits per heavy atom. The van der Waals surface area contributed by atoms with E-state index in [1.807, 2.05) is 13.0 Å². The average Bonchev–Trinajstić information content (AvgIpc) is 3.56. The van der Waals surface area contributed by atoms with Gasteiger partial charge in [-0.1, -0.05) is 0 Å². The Morgan fingerprint density at radius 1 is 1.16 bits per heavy atom. The molecule has 1 aromatic carbocycles. The molecule has 0 unspecified atom stereocenters. The Kier molecular flexibility index (Phi) is 6.91. The Labute approximate surface area is 186 Å². The molecule has 3 amide bonds. The smallest absolute Gasteiger partial charge is 0.323 e. The number of rotatable bonds is 6. The first-order valence-corrected chi connectivity index (χ1v) is 9.80. The molecule has 0 atom stereocenters. The maximum absolute atomic E-state index is 12.6. The molecule has 0 spiro atoms. The minimum atomic E-state index is -0.443. The summed E-state index contributed by atoms with van der Waals surface area (Å²) in [6, 6.07) is 9.91. The van der Waals surface area contributed by atoms with Crippen molar-refractivity contribution < 1.29 is 14.3 Å². The van der Waals surface area contributed by atoms with Gasteiger partial charge in [-0.05, 0) is 62.1 Å². The molecule has 3 N–H and O–H groups in total. The number of ether oxygens (including phenoxy) is 1. The summed E-state index contributed by atoms with van der Waals surface area (Å²) in [5.74, 6) is 0.802. The van der Waals surface area contributed by atoms with Gasteiger partial charge in [0.25, 0.3) is 5.91 Å². The number of pyridine rings is 2. The van der Waals surface area contributed by atoms with E-state index in [4.69, 9.17) is 4.74 Å². The van der Waals surface area contributed by atoms with E-state index in [1.165, 1.54) is 7.11 Å². The molecule has 3 aromatic rings. The van der Waals surface area contributed by atoms with Crippen LogP contribution in [-0.4, -0.2) is 35.6 Å². The Bertz CT molecular complexity index is 1120. The van der Waals surface area contributed by atoms with E-state index in [-0.39, 0.29) is 18.3 Å². The van der Waals surface area contributed by atoms with Crippen molar-refractivity contribution in [3.8, 4) is 5.75 Å². The number of fused-ring (bicyclic) bond motifs is 1. The lowest BCUT2D eigenvalue weighted by Crippen LogP contribution is -2.26. The number of aryl methyl sites for hydroxylation is 1. The van der Waals surface area contributed by atoms with E-state index in [9.17, 15) is 9.59 Å². The van der Waals surface area contributed by atoms with E-state index in [0.29, 0.717) is 46.2 Å². The molecule has 31 heavy (non-hydrogen) atoms. The summed E-state index contributed by atoms with van der Waals surface area (Å²) in [6.45, 7) is 2.51. The van der Waals surface area contributed by atoms with Crippen molar-refractivity contribution in [2.24, 2.45) is 5.92 Å². The van der Waals surface area contributed by atoms with Crippen LogP contribution in [0.3, 0.4) is 0 Å². The van der Waals surface area contributed by atoms with Gasteiger partial charge in [0.05, 0.1) is 23.9 Å². The summed E-state index contributed by atoms with van der Waals surface area (Å²) in [5.41, 5.74) is 3.49. The van der Waals surface area contributed by atoms with Crippen LogP contribution in [0.25, 0.3) is 11.0 Å². The van der Waals surface area contributed by atoms with Crippen LogP contribution < -0.4 is 20.7 Å². The van der Waals surface area contributed by atoms with Crippen molar-refractivity contribution in [1.82, 2.24) is 15.3 Å². The van der Waals surface area contributed by atoms with Gasteiger partial charge in [0.1, 0.15) is 11.3 Å². The van der Waals surface area contributed by atoms with E-state index in [1.54, 1.807) is 36.5 Å². The zero-order chi connectivity index (χ0) is 21.1. The minimum absolute atomic E-state index is 0. The minimum Gasteiger partial charge on any atom is -0.496 e. The number of nitrogens with one attached hydrogen (secondary N) is 3. The van der Waals surface area contributed by atoms with Crippen molar-refractivity contribution in [3.63, 3.8) is 0 Å². The number of carbonyl (C=O) groups excluding carboxylic acids is 2. The standard InChI is InChI=1S/C22H23N5O3.ClH/c1-13-10-18(20-17(25-13)4-3-9-23-20)27-22(29)26-15-7-8-19(30-2)16(11-15)21(28)24-12-14-5-6-14;/h3-4,7-11,14H,5-6,12H2,1-2H3,(H,24,28)(H2,25,26,27,29);1H. The van der Waals surface area contributed by atoms with E-state index < -0.39 is 6.03 Å². The molecule has 0 bridgehead atoms. The Balaban J connectivity index is 0.00000272. The maximum Gasteiger partial charge on any atom is 0.323 e. The van der Waals surface area contributed by atoms with Crippen LogP contribution in [0.5, 0.6) is 5.75 Å². The number of nitrogens with zero attached hydrogens (tertiary/aromatic N) is 2. The molecule has 0 radical (unpaired) electrons. The number of urea groups is 1. The summed E-state index contributed by atoms with van der Waals surface area (Å²) < 4.78 is 5.30. The summed E-state index contributed by atoms with van der Waals surface area (Å²) in [6.07, 6.45) is 3.95. The third-order valence-corrected chi connectivity index (χ3v) is 4.89. The quantitative estimate of drug-likeness (QED) is 0.532. The normalized spacial score (nSPS) is 12.6. The molecule has 0 aliphatic heterocycles. The van der Waals surface area contributed by atoms with Crippen LogP contribution in [0, 0.1) is 12.8 Å². The van der Waals surface area contributed by atoms with Gasteiger partial charge < -0.3 is 20.7 Å². The van der Waals surface area contributed by atoms with Crippen LogP contribution in [0.1, 0.15) is 28.9 Å². The number of hydrogen-bond donors (Lipinski definition) is 3. The van der Waals surface area contributed by atoms with Crippen molar-refractivity contribution in [3.05, 3.63) is 53.9 Å². The monoisotopic (exact) mass is 441 g/mol. The molecule has 162 valence electrons. The lowest BCUT2D eigenvalue weighted by molar-refractivity contribution is 0.0948. The second-order valence-corrected chi connectivity index (χ2v) is 7.33. The molecule has 9 heteroatoms. The summed E-state index contributed by atoms with van der Waals surface area (Å²) in [7, 11) is 1.51. The van der Waals surface area contributed by atoms with Crippen molar-refractivity contribution >= 4 is 46.8 Å². The number of halogens is 1. The molecule has 2 aromatic heterocycles. The number of benzene rings is 1. The van der Waals surface area contributed by atoms with E-state index in [2.05, 4.69) is 25.9 Å². The highest BCUT2D eigenvalue weighted by molar-refractivity contribution is 6.05. The maximum atomic E-state index is 12.6. The number of amides is 3. The SMILES string of the molecule is COc1ccc(NC(=O)Nc2cc(C)nc3cccnc23)cc1C(=O)NCC1CC1.Cl. The summed E-state index contributed by atoms with van der Waals surface area (Å²) >= 11 is 0. The van der Waals surface area contributed by atoms with Gasteiger partial charge in [0.2, 0.25) is 0 Å². The molecule has 1 fully saturated rings. The van der Waals surface area contributed by atoms with Crippen LogP contribution in [0.15, 0.2) is 42.6 Å². The third-order valence-electron chi connectivity index (χ3n) is 4.89. The summed E-state index contributed by atoms with van der Waals surface area (Å²) in [5, 5.41) is 8.50.